The van der Waals surface area contributed by atoms with E-state index < -0.39 is 5.97 Å². The molecule has 3 aromatic rings. The molecule has 0 saturated carbocycles. The number of carboxylic acids is 1. The van der Waals surface area contributed by atoms with Gasteiger partial charge in [-0.15, -0.1) is 0 Å². The first kappa shape index (κ1) is 17.2. The van der Waals surface area contributed by atoms with Gasteiger partial charge in [0.25, 0.3) is 0 Å². The van der Waals surface area contributed by atoms with E-state index in [9.17, 15) is 9.59 Å². The molecule has 0 spiro atoms. The molecular weight excluding hydrogens is 386 g/mol. The molecule has 0 saturated heterocycles. The summed E-state index contributed by atoms with van der Waals surface area (Å²) in [5.41, 5.74) is 1.91. The van der Waals surface area contributed by atoms with Crippen molar-refractivity contribution in [2.75, 3.05) is 6.61 Å². The van der Waals surface area contributed by atoms with Crippen molar-refractivity contribution >= 4 is 39.1 Å². The Labute approximate surface area is 153 Å². The van der Waals surface area contributed by atoms with Gasteiger partial charge in [-0.1, -0.05) is 15.9 Å². The van der Waals surface area contributed by atoms with Crippen LogP contribution in [0.25, 0.3) is 10.9 Å². The molecule has 1 N–H and O–H groups in total. The van der Waals surface area contributed by atoms with E-state index >= 15 is 0 Å². The molecule has 0 unspecified atom stereocenters. The number of aldehydes is 1. The molecule has 6 heteroatoms. The van der Waals surface area contributed by atoms with E-state index in [1.54, 1.807) is 12.1 Å². The third kappa shape index (κ3) is 3.91. The predicted octanol–water partition coefficient (Wildman–Crippen LogP) is 4.38. The van der Waals surface area contributed by atoms with Crippen LogP contribution in [-0.2, 0) is 6.54 Å². The molecule has 0 bridgehead atoms. The highest BCUT2D eigenvalue weighted by molar-refractivity contribution is 9.10. The molecule has 0 aliphatic rings. The number of aromatic nitrogens is 1. The molecule has 25 heavy (non-hydrogen) atoms. The first-order valence-electron chi connectivity index (χ1n) is 7.78. The number of rotatable bonds is 7. The number of fused-ring (bicyclic) bond motifs is 1. The third-order valence-electron chi connectivity index (χ3n) is 3.91. The summed E-state index contributed by atoms with van der Waals surface area (Å²) in [6, 6.07) is 12.2. The maximum Gasteiger partial charge on any atom is 0.335 e. The maximum absolute atomic E-state index is 11.2. The minimum atomic E-state index is -0.955. The smallest absolute Gasteiger partial charge is 0.335 e. The van der Waals surface area contributed by atoms with E-state index in [-0.39, 0.29) is 5.56 Å². The number of aryl methyl sites for hydroxylation is 1. The van der Waals surface area contributed by atoms with E-state index in [1.807, 2.05) is 29.0 Å². The molecule has 5 nitrogen and oxygen atoms in total. The van der Waals surface area contributed by atoms with E-state index in [1.165, 1.54) is 12.1 Å². The highest BCUT2D eigenvalue weighted by Crippen LogP contribution is 2.24. The van der Waals surface area contributed by atoms with Crippen molar-refractivity contribution in [1.82, 2.24) is 4.57 Å². The Hall–Kier alpha value is -2.60. The Balaban J connectivity index is 1.61. The third-order valence-corrected chi connectivity index (χ3v) is 4.41. The fraction of sp³-hybridized carbons (Fsp3) is 0.158. The Bertz CT molecular complexity index is 915. The quantitative estimate of drug-likeness (QED) is 0.470. The molecular formula is C19H16BrNO4. The second kappa shape index (κ2) is 7.53. The Kier molecular flexibility index (Phi) is 5.19. The van der Waals surface area contributed by atoms with Gasteiger partial charge < -0.3 is 14.4 Å². The number of carboxylic acid groups (broad SMARTS) is 1. The van der Waals surface area contributed by atoms with E-state index in [0.29, 0.717) is 17.9 Å². The summed E-state index contributed by atoms with van der Waals surface area (Å²) in [4.78, 5) is 22.1. The molecule has 2 aromatic carbocycles. The number of hydrogen-bond acceptors (Lipinski definition) is 3. The topological polar surface area (TPSA) is 68.5 Å². The molecule has 0 amide bonds. The first-order chi connectivity index (χ1) is 12.1. The van der Waals surface area contributed by atoms with E-state index in [2.05, 4.69) is 15.9 Å². The van der Waals surface area contributed by atoms with Gasteiger partial charge in [0.2, 0.25) is 0 Å². The molecule has 0 radical (unpaired) electrons. The number of nitrogens with zero attached hydrogens (tertiary/aromatic N) is 1. The van der Waals surface area contributed by atoms with Crippen LogP contribution in [0.3, 0.4) is 0 Å². The van der Waals surface area contributed by atoms with Gasteiger partial charge >= 0.3 is 5.97 Å². The molecule has 1 aromatic heterocycles. The Morgan fingerprint density at radius 3 is 2.64 bits per heavy atom. The van der Waals surface area contributed by atoms with Crippen molar-refractivity contribution in [2.45, 2.75) is 13.0 Å². The summed E-state index contributed by atoms with van der Waals surface area (Å²) < 4.78 is 8.63. The lowest BCUT2D eigenvalue weighted by Gasteiger charge is -2.08. The van der Waals surface area contributed by atoms with Crippen LogP contribution in [0.15, 0.2) is 53.1 Å². The van der Waals surface area contributed by atoms with Gasteiger partial charge in [-0.3, -0.25) is 4.79 Å². The molecule has 0 aliphatic carbocycles. The highest BCUT2D eigenvalue weighted by atomic mass is 79.9. The predicted molar refractivity (Wildman–Crippen MR) is 98.5 cm³/mol. The zero-order chi connectivity index (χ0) is 17.8. The second-order valence-corrected chi connectivity index (χ2v) is 6.50. The van der Waals surface area contributed by atoms with Crippen LogP contribution < -0.4 is 4.74 Å². The van der Waals surface area contributed by atoms with Crippen molar-refractivity contribution in [2.24, 2.45) is 0 Å². The maximum atomic E-state index is 11.2. The van der Waals surface area contributed by atoms with Crippen molar-refractivity contribution in [3.8, 4) is 5.75 Å². The standard InChI is InChI=1S/C19H16BrNO4/c20-15-4-7-18-17(10-15)14(12-22)11-21(18)8-1-9-25-16-5-2-13(3-6-16)19(23)24/h2-7,10-12H,1,8-9H2,(H,23,24). The fourth-order valence-corrected chi connectivity index (χ4v) is 3.06. The zero-order valence-electron chi connectivity index (χ0n) is 13.3. The van der Waals surface area contributed by atoms with Crippen LogP contribution in [0.5, 0.6) is 5.75 Å². The number of aromatic carboxylic acids is 1. The van der Waals surface area contributed by atoms with Crippen LogP contribution in [0.2, 0.25) is 0 Å². The lowest BCUT2D eigenvalue weighted by atomic mass is 10.2. The minimum absolute atomic E-state index is 0.235. The molecule has 1 heterocycles. The van der Waals surface area contributed by atoms with Crippen LogP contribution >= 0.6 is 15.9 Å². The van der Waals surface area contributed by atoms with Gasteiger partial charge in [0.05, 0.1) is 12.2 Å². The first-order valence-corrected chi connectivity index (χ1v) is 8.57. The molecule has 3 rings (SSSR count). The number of benzene rings is 2. The summed E-state index contributed by atoms with van der Waals surface area (Å²) in [5.74, 6) is -0.316. The summed E-state index contributed by atoms with van der Waals surface area (Å²) in [6.45, 7) is 1.22. The molecule has 0 fully saturated rings. The number of ether oxygens (including phenoxy) is 1. The minimum Gasteiger partial charge on any atom is -0.494 e. The lowest BCUT2D eigenvalue weighted by molar-refractivity contribution is 0.0696. The van der Waals surface area contributed by atoms with Gasteiger partial charge in [-0.25, -0.2) is 4.79 Å². The van der Waals surface area contributed by atoms with Gasteiger partial charge in [0.1, 0.15) is 5.75 Å². The average Bonchev–Trinajstić information content (AvgIpc) is 2.96. The van der Waals surface area contributed by atoms with Crippen LogP contribution in [-0.4, -0.2) is 28.5 Å². The van der Waals surface area contributed by atoms with Crippen LogP contribution in [0.4, 0.5) is 0 Å². The normalized spacial score (nSPS) is 10.8. The molecule has 0 atom stereocenters. The lowest BCUT2D eigenvalue weighted by Crippen LogP contribution is -2.04. The van der Waals surface area contributed by atoms with Gasteiger partial charge in [-0.2, -0.15) is 0 Å². The Morgan fingerprint density at radius 1 is 1.20 bits per heavy atom. The monoisotopic (exact) mass is 401 g/mol. The molecule has 128 valence electrons. The van der Waals surface area contributed by atoms with E-state index in [4.69, 9.17) is 9.84 Å². The van der Waals surface area contributed by atoms with Crippen LogP contribution in [0, 0.1) is 0 Å². The number of hydrogen-bond donors (Lipinski definition) is 1. The summed E-state index contributed by atoms with van der Waals surface area (Å²) in [7, 11) is 0. The van der Waals surface area contributed by atoms with Crippen molar-refractivity contribution in [1.29, 1.82) is 0 Å². The van der Waals surface area contributed by atoms with E-state index in [0.717, 1.165) is 34.6 Å². The number of carbonyl (C=O) groups is 2. The fourth-order valence-electron chi connectivity index (χ4n) is 2.69. The molecule has 0 aliphatic heterocycles. The average molecular weight is 402 g/mol. The van der Waals surface area contributed by atoms with Crippen LogP contribution in [0.1, 0.15) is 27.1 Å². The van der Waals surface area contributed by atoms with Gasteiger partial charge in [-0.05, 0) is 48.9 Å². The second-order valence-electron chi connectivity index (χ2n) is 5.59. The summed E-state index contributed by atoms with van der Waals surface area (Å²) in [5, 5.41) is 9.80. The zero-order valence-corrected chi connectivity index (χ0v) is 14.9. The van der Waals surface area contributed by atoms with Crippen molar-refractivity contribution in [3.63, 3.8) is 0 Å². The van der Waals surface area contributed by atoms with Crippen molar-refractivity contribution in [3.05, 3.63) is 64.3 Å². The van der Waals surface area contributed by atoms with Gasteiger partial charge in [0, 0.05) is 33.7 Å². The number of carbonyl (C=O) groups excluding carboxylic acids is 1. The highest BCUT2D eigenvalue weighted by Gasteiger charge is 2.08. The Morgan fingerprint density at radius 2 is 1.96 bits per heavy atom. The number of halogens is 1. The van der Waals surface area contributed by atoms with Gasteiger partial charge in [0.15, 0.2) is 6.29 Å². The largest absolute Gasteiger partial charge is 0.494 e. The summed E-state index contributed by atoms with van der Waals surface area (Å²) in [6.07, 6.45) is 3.48. The summed E-state index contributed by atoms with van der Waals surface area (Å²) >= 11 is 3.43. The SMILES string of the molecule is O=Cc1cn(CCCOc2ccc(C(=O)O)cc2)c2ccc(Br)cc12. The van der Waals surface area contributed by atoms with Crippen molar-refractivity contribution < 1.29 is 19.4 Å².